The van der Waals surface area contributed by atoms with Crippen molar-refractivity contribution in [2.45, 2.75) is 0 Å². The lowest BCUT2D eigenvalue weighted by molar-refractivity contribution is 0.414. The van der Waals surface area contributed by atoms with E-state index in [1.165, 1.54) is 6.07 Å². The molecule has 4 aromatic rings. The Morgan fingerprint density at radius 2 is 1.70 bits per heavy atom. The molecule has 6 nitrogen and oxygen atoms in total. The van der Waals surface area contributed by atoms with E-state index < -0.39 is 0 Å². The topological polar surface area (TPSA) is 70.3 Å². The molecule has 2 aromatic heterocycles. The van der Waals surface area contributed by atoms with Gasteiger partial charge in [0.05, 0.1) is 17.7 Å². The van der Waals surface area contributed by atoms with E-state index in [1.54, 1.807) is 31.4 Å². The summed E-state index contributed by atoms with van der Waals surface area (Å²) in [4.78, 5) is 4.05. The molecular weight excluding hydrogens is 517 g/mol. The number of rotatable bonds is 5. The van der Waals surface area contributed by atoms with Gasteiger partial charge in [0.25, 0.3) is 0 Å². The second kappa shape index (κ2) is 8.81. The maximum Gasteiger partial charge on any atom is 0.249 e. The molecule has 0 bridgehead atoms. The number of pyridine rings is 1. The summed E-state index contributed by atoms with van der Waals surface area (Å²) in [6, 6.07) is 14.0. The van der Waals surface area contributed by atoms with Gasteiger partial charge in [-0.05, 0) is 58.4 Å². The molecule has 2 heterocycles. The van der Waals surface area contributed by atoms with Crippen molar-refractivity contribution in [3.8, 4) is 40.3 Å². The fourth-order valence-corrected chi connectivity index (χ4v) is 3.49. The Morgan fingerprint density at radius 1 is 0.900 bits per heavy atom. The molecule has 2 aromatic carbocycles. The number of ether oxygens (including phenoxy) is 2. The van der Waals surface area contributed by atoms with E-state index in [2.05, 4.69) is 31.1 Å². The van der Waals surface area contributed by atoms with E-state index in [9.17, 15) is 0 Å². The summed E-state index contributed by atoms with van der Waals surface area (Å²) in [5.74, 6) is 1.93. The van der Waals surface area contributed by atoms with Crippen molar-refractivity contribution in [3.05, 3.63) is 68.2 Å². The highest BCUT2D eigenvalue weighted by Crippen LogP contribution is 2.35. The number of aromatic nitrogens is 3. The third-order valence-corrected chi connectivity index (χ3v) is 5.61. The van der Waals surface area contributed by atoms with Crippen LogP contribution in [-0.4, -0.2) is 22.3 Å². The van der Waals surface area contributed by atoms with E-state index in [1.807, 2.05) is 18.2 Å². The van der Waals surface area contributed by atoms with Crippen LogP contribution in [0.15, 0.2) is 57.4 Å². The first-order chi connectivity index (χ1) is 14.4. The number of halogens is 4. The SMILES string of the molecule is COc1ccc(Br)c(-c2nnc(-c3cccc(Oc4nc(Cl)c(Cl)cc4Cl)c3)o2)c1. The summed E-state index contributed by atoms with van der Waals surface area (Å²) >= 11 is 21.5. The first-order valence-corrected chi connectivity index (χ1v) is 10.3. The largest absolute Gasteiger partial charge is 0.497 e. The molecule has 4 rings (SSSR count). The van der Waals surface area contributed by atoms with Crippen LogP contribution in [0.2, 0.25) is 15.2 Å². The minimum atomic E-state index is 0.0950. The normalized spacial score (nSPS) is 10.8. The molecule has 0 aliphatic rings. The zero-order valence-corrected chi connectivity index (χ0v) is 19.1. The van der Waals surface area contributed by atoms with Crippen molar-refractivity contribution < 1.29 is 13.9 Å². The van der Waals surface area contributed by atoms with E-state index in [4.69, 9.17) is 48.7 Å². The lowest BCUT2D eigenvalue weighted by Crippen LogP contribution is -1.91. The van der Waals surface area contributed by atoms with Gasteiger partial charge in [0, 0.05) is 10.0 Å². The Morgan fingerprint density at radius 3 is 2.50 bits per heavy atom. The molecule has 0 saturated carbocycles. The zero-order valence-electron chi connectivity index (χ0n) is 15.2. The fourth-order valence-electron chi connectivity index (χ4n) is 2.55. The average molecular weight is 528 g/mol. The molecule has 0 atom stereocenters. The van der Waals surface area contributed by atoms with Gasteiger partial charge >= 0.3 is 0 Å². The molecule has 0 N–H and O–H groups in total. The van der Waals surface area contributed by atoms with Crippen LogP contribution >= 0.6 is 50.7 Å². The van der Waals surface area contributed by atoms with Gasteiger partial charge in [-0.1, -0.05) is 40.9 Å². The summed E-state index contributed by atoms with van der Waals surface area (Å²) in [7, 11) is 1.59. The van der Waals surface area contributed by atoms with Crippen LogP contribution in [-0.2, 0) is 0 Å². The van der Waals surface area contributed by atoms with Gasteiger partial charge in [0.1, 0.15) is 16.5 Å². The molecule has 30 heavy (non-hydrogen) atoms. The Hall–Kier alpha value is -2.32. The van der Waals surface area contributed by atoms with Crippen molar-refractivity contribution in [2.24, 2.45) is 0 Å². The smallest absolute Gasteiger partial charge is 0.249 e. The standard InChI is InChI=1S/C20H11BrCl3N3O3/c1-28-11-5-6-14(21)13(8-11)19-27-26-18(30-19)10-3-2-4-12(7-10)29-20-16(23)9-15(22)17(24)25-20/h2-9H,1H3. The Bertz CT molecular complexity index is 1230. The van der Waals surface area contributed by atoms with Gasteiger partial charge < -0.3 is 13.9 Å². The van der Waals surface area contributed by atoms with Gasteiger partial charge in [-0.25, -0.2) is 0 Å². The third kappa shape index (κ3) is 4.39. The molecule has 0 amide bonds. The summed E-state index contributed by atoms with van der Waals surface area (Å²) in [5.41, 5.74) is 1.37. The highest BCUT2D eigenvalue weighted by Gasteiger charge is 2.16. The molecule has 0 fully saturated rings. The third-order valence-electron chi connectivity index (χ3n) is 3.98. The predicted octanol–water partition coefficient (Wildman–Crippen LogP) is 7.32. The zero-order chi connectivity index (χ0) is 21.3. The Labute approximate surface area is 194 Å². The molecule has 152 valence electrons. The highest BCUT2D eigenvalue weighted by molar-refractivity contribution is 9.10. The second-order valence-corrected chi connectivity index (χ2v) is 7.96. The fraction of sp³-hybridized carbons (Fsp3) is 0.0500. The Balaban J connectivity index is 1.63. The number of benzene rings is 2. The molecule has 0 radical (unpaired) electrons. The molecule has 0 unspecified atom stereocenters. The van der Waals surface area contributed by atoms with Crippen LogP contribution < -0.4 is 9.47 Å². The summed E-state index contributed by atoms with van der Waals surface area (Å²) in [6.45, 7) is 0. The van der Waals surface area contributed by atoms with Crippen molar-refractivity contribution >= 4 is 50.7 Å². The maximum atomic E-state index is 6.13. The highest BCUT2D eigenvalue weighted by atomic mass is 79.9. The first kappa shape index (κ1) is 20.9. The number of hydrogen-bond donors (Lipinski definition) is 0. The summed E-state index contributed by atoms with van der Waals surface area (Å²) in [6.07, 6.45) is 0. The molecule has 0 aliphatic carbocycles. The van der Waals surface area contributed by atoms with Crippen LogP contribution in [0.4, 0.5) is 0 Å². The number of methoxy groups -OCH3 is 1. The lowest BCUT2D eigenvalue weighted by atomic mass is 10.2. The van der Waals surface area contributed by atoms with Crippen molar-refractivity contribution in [3.63, 3.8) is 0 Å². The van der Waals surface area contributed by atoms with Crippen LogP contribution in [0.3, 0.4) is 0 Å². The van der Waals surface area contributed by atoms with Crippen LogP contribution in [0.25, 0.3) is 22.9 Å². The van der Waals surface area contributed by atoms with E-state index in [0.29, 0.717) is 34.4 Å². The van der Waals surface area contributed by atoms with E-state index in [-0.39, 0.29) is 21.1 Å². The van der Waals surface area contributed by atoms with Crippen LogP contribution in [0.5, 0.6) is 17.4 Å². The quantitative estimate of drug-likeness (QED) is 0.253. The van der Waals surface area contributed by atoms with Crippen molar-refractivity contribution in [2.75, 3.05) is 7.11 Å². The maximum absolute atomic E-state index is 6.13. The molecule has 0 spiro atoms. The van der Waals surface area contributed by atoms with Crippen molar-refractivity contribution in [1.29, 1.82) is 0 Å². The molecule has 0 aliphatic heterocycles. The van der Waals surface area contributed by atoms with Gasteiger partial charge in [0.2, 0.25) is 17.7 Å². The van der Waals surface area contributed by atoms with Gasteiger partial charge in [-0.3, -0.25) is 0 Å². The number of hydrogen-bond acceptors (Lipinski definition) is 6. The number of nitrogens with zero attached hydrogens (tertiary/aromatic N) is 3. The first-order valence-electron chi connectivity index (χ1n) is 8.42. The van der Waals surface area contributed by atoms with Gasteiger partial charge in [-0.15, -0.1) is 10.2 Å². The minimum Gasteiger partial charge on any atom is -0.497 e. The lowest BCUT2D eigenvalue weighted by Gasteiger charge is -2.08. The monoisotopic (exact) mass is 525 g/mol. The predicted molar refractivity (Wildman–Crippen MR) is 119 cm³/mol. The van der Waals surface area contributed by atoms with Gasteiger partial charge in [0.15, 0.2) is 5.15 Å². The van der Waals surface area contributed by atoms with Gasteiger partial charge in [-0.2, -0.15) is 4.98 Å². The molecular formula is C20H11BrCl3N3O3. The molecule has 0 saturated heterocycles. The summed E-state index contributed by atoms with van der Waals surface area (Å²) < 4.78 is 17.7. The summed E-state index contributed by atoms with van der Waals surface area (Å²) in [5, 5.41) is 8.85. The second-order valence-electron chi connectivity index (χ2n) is 5.94. The Kier molecular flexibility index (Phi) is 6.15. The minimum absolute atomic E-state index is 0.0950. The van der Waals surface area contributed by atoms with E-state index >= 15 is 0 Å². The van der Waals surface area contributed by atoms with E-state index in [0.717, 1.165) is 4.47 Å². The van der Waals surface area contributed by atoms with Crippen molar-refractivity contribution in [1.82, 2.24) is 15.2 Å². The van der Waals surface area contributed by atoms with Crippen LogP contribution in [0, 0.1) is 0 Å². The van der Waals surface area contributed by atoms with Crippen LogP contribution in [0.1, 0.15) is 0 Å². The average Bonchev–Trinajstić information content (AvgIpc) is 3.23. The molecule has 10 heteroatoms.